The topological polar surface area (TPSA) is 69.6 Å². The molecule has 0 aliphatic heterocycles. The summed E-state index contributed by atoms with van der Waals surface area (Å²) in [5, 5.41) is 13.9. The molecule has 0 bridgehead atoms. The van der Waals surface area contributed by atoms with Gasteiger partial charge in [0.15, 0.2) is 11.0 Å². The summed E-state index contributed by atoms with van der Waals surface area (Å²) in [5.41, 5.74) is 5.40. The second-order valence-electron chi connectivity index (χ2n) is 7.64. The van der Waals surface area contributed by atoms with Crippen LogP contribution < -0.4 is 0 Å². The van der Waals surface area contributed by atoms with Gasteiger partial charge in [-0.05, 0) is 36.6 Å². The van der Waals surface area contributed by atoms with Crippen LogP contribution in [-0.4, -0.2) is 24.9 Å². The summed E-state index contributed by atoms with van der Waals surface area (Å²) in [6, 6.07) is 26.6. The minimum absolute atomic E-state index is 0.499. The van der Waals surface area contributed by atoms with Gasteiger partial charge in [0, 0.05) is 16.8 Å². The highest BCUT2D eigenvalue weighted by Crippen LogP contribution is 2.30. The zero-order valence-corrected chi connectivity index (χ0v) is 19.3. The normalized spacial score (nSPS) is 11.1. The van der Waals surface area contributed by atoms with Crippen molar-refractivity contribution in [3.63, 3.8) is 0 Å². The van der Waals surface area contributed by atoms with Crippen molar-refractivity contribution in [1.82, 2.24) is 24.9 Å². The number of aromatic nitrogens is 5. The molecule has 3 aromatic carbocycles. The van der Waals surface area contributed by atoms with Gasteiger partial charge in [-0.15, -0.1) is 10.2 Å². The first-order valence-electron chi connectivity index (χ1n) is 10.8. The third-order valence-corrected chi connectivity index (χ3v) is 6.36. The molecule has 164 valence electrons. The number of thioether (sulfide) groups is 1. The SMILES string of the molecule is CCc1ccc(-n2c(SCc3nc(-c4ccccc4C)no3)nnc2-c2ccccc2)cc1. The summed E-state index contributed by atoms with van der Waals surface area (Å²) in [4.78, 5) is 4.59. The van der Waals surface area contributed by atoms with E-state index in [0.29, 0.717) is 17.5 Å². The van der Waals surface area contributed by atoms with Gasteiger partial charge in [-0.3, -0.25) is 4.57 Å². The number of aryl methyl sites for hydroxylation is 2. The molecule has 5 aromatic rings. The van der Waals surface area contributed by atoms with Crippen LogP contribution in [0.25, 0.3) is 28.5 Å². The van der Waals surface area contributed by atoms with E-state index in [0.717, 1.165) is 39.8 Å². The van der Waals surface area contributed by atoms with Gasteiger partial charge >= 0.3 is 0 Å². The maximum Gasteiger partial charge on any atom is 0.237 e. The van der Waals surface area contributed by atoms with E-state index < -0.39 is 0 Å². The van der Waals surface area contributed by atoms with Gasteiger partial charge in [0.25, 0.3) is 0 Å². The lowest BCUT2D eigenvalue weighted by Gasteiger charge is -2.10. The number of nitrogens with zero attached hydrogens (tertiary/aromatic N) is 5. The van der Waals surface area contributed by atoms with Crippen LogP contribution in [0.2, 0.25) is 0 Å². The van der Waals surface area contributed by atoms with Crippen molar-refractivity contribution in [3.05, 3.63) is 95.9 Å². The van der Waals surface area contributed by atoms with Crippen molar-refractivity contribution in [2.45, 2.75) is 31.2 Å². The van der Waals surface area contributed by atoms with Gasteiger partial charge < -0.3 is 4.52 Å². The Morgan fingerprint density at radius 3 is 2.39 bits per heavy atom. The van der Waals surface area contributed by atoms with Crippen LogP contribution in [-0.2, 0) is 12.2 Å². The summed E-state index contributed by atoms with van der Waals surface area (Å²) in [6.07, 6.45) is 0.996. The van der Waals surface area contributed by atoms with E-state index in [4.69, 9.17) is 4.52 Å². The highest BCUT2D eigenvalue weighted by atomic mass is 32.2. The molecule has 7 heteroatoms. The van der Waals surface area contributed by atoms with Crippen LogP contribution in [0.3, 0.4) is 0 Å². The Labute approximate surface area is 196 Å². The van der Waals surface area contributed by atoms with Crippen LogP contribution >= 0.6 is 11.8 Å². The molecule has 0 aliphatic carbocycles. The first-order valence-corrected chi connectivity index (χ1v) is 11.8. The molecule has 2 heterocycles. The van der Waals surface area contributed by atoms with Gasteiger partial charge in [0.1, 0.15) is 0 Å². The van der Waals surface area contributed by atoms with E-state index in [2.05, 4.69) is 56.1 Å². The smallest absolute Gasteiger partial charge is 0.237 e. The number of hydrogen-bond donors (Lipinski definition) is 0. The van der Waals surface area contributed by atoms with E-state index in [1.54, 1.807) is 0 Å². The minimum Gasteiger partial charge on any atom is -0.338 e. The van der Waals surface area contributed by atoms with Crippen molar-refractivity contribution in [3.8, 4) is 28.5 Å². The molecule has 0 saturated heterocycles. The predicted molar refractivity (Wildman–Crippen MR) is 130 cm³/mol. The summed E-state index contributed by atoms with van der Waals surface area (Å²) in [7, 11) is 0. The fraction of sp³-hybridized carbons (Fsp3) is 0.154. The van der Waals surface area contributed by atoms with Crippen molar-refractivity contribution in [1.29, 1.82) is 0 Å². The second kappa shape index (κ2) is 9.42. The zero-order valence-electron chi connectivity index (χ0n) is 18.5. The quantitative estimate of drug-likeness (QED) is 0.275. The van der Waals surface area contributed by atoms with Gasteiger partial charge in [-0.1, -0.05) is 90.6 Å². The van der Waals surface area contributed by atoms with Crippen LogP contribution in [0.5, 0.6) is 0 Å². The average molecular weight is 454 g/mol. The molecule has 2 aromatic heterocycles. The first-order chi connectivity index (χ1) is 16.2. The molecule has 0 radical (unpaired) electrons. The third kappa shape index (κ3) is 4.45. The molecule has 0 aliphatic rings. The van der Waals surface area contributed by atoms with E-state index in [9.17, 15) is 0 Å². The Balaban J connectivity index is 1.45. The molecule has 0 saturated carbocycles. The molecule has 6 nitrogen and oxygen atoms in total. The molecule has 0 unspecified atom stereocenters. The Morgan fingerprint density at radius 1 is 0.879 bits per heavy atom. The molecule has 33 heavy (non-hydrogen) atoms. The zero-order chi connectivity index (χ0) is 22.6. The van der Waals surface area contributed by atoms with Gasteiger partial charge in [0.05, 0.1) is 5.75 Å². The van der Waals surface area contributed by atoms with Gasteiger partial charge in [0.2, 0.25) is 11.7 Å². The Morgan fingerprint density at radius 2 is 1.64 bits per heavy atom. The van der Waals surface area contributed by atoms with Gasteiger partial charge in [-0.2, -0.15) is 4.98 Å². The molecule has 0 amide bonds. The Kier molecular flexibility index (Phi) is 6.04. The summed E-state index contributed by atoms with van der Waals surface area (Å²) in [6.45, 7) is 4.19. The van der Waals surface area contributed by atoms with Crippen LogP contribution in [0.4, 0.5) is 0 Å². The standard InChI is InChI=1S/C26H23N5OS/c1-3-19-13-15-21(16-14-19)31-25(20-10-5-4-6-11-20)28-29-26(31)33-17-23-27-24(30-32-23)22-12-8-7-9-18(22)2/h4-16H,3,17H2,1-2H3. The summed E-state index contributed by atoms with van der Waals surface area (Å²) in [5.74, 6) is 2.45. The lowest BCUT2D eigenvalue weighted by molar-refractivity contribution is 0.391. The molecular formula is C26H23N5OS. The van der Waals surface area contributed by atoms with Crippen LogP contribution in [0.15, 0.2) is 88.5 Å². The van der Waals surface area contributed by atoms with Crippen molar-refractivity contribution in [2.24, 2.45) is 0 Å². The highest BCUT2D eigenvalue weighted by Gasteiger charge is 2.18. The molecule has 5 rings (SSSR count). The highest BCUT2D eigenvalue weighted by molar-refractivity contribution is 7.98. The van der Waals surface area contributed by atoms with E-state index in [-0.39, 0.29) is 0 Å². The Bertz CT molecular complexity index is 1360. The third-order valence-electron chi connectivity index (χ3n) is 5.45. The minimum atomic E-state index is 0.499. The van der Waals surface area contributed by atoms with Crippen LogP contribution in [0, 0.1) is 6.92 Å². The average Bonchev–Trinajstić information content (AvgIpc) is 3.51. The maximum atomic E-state index is 5.52. The maximum absolute atomic E-state index is 5.52. The van der Waals surface area contributed by atoms with E-state index >= 15 is 0 Å². The lowest BCUT2D eigenvalue weighted by Crippen LogP contribution is -2.00. The second-order valence-corrected chi connectivity index (χ2v) is 8.59. The molecule has 0 fully saturated rings. The Hall–Kier alpha value is -3.71. The molecule has 0 atom stereocenters. The van der Waals surface area contributed by atoms with Crippen molar-refractivity contribution >= 4 is 11.8 Å². The number of hydrogen-bond acceptors (Lipinski definition) is 6. The fourth-order valence-corrected chi connectivity index (χ4v) is 4.41. The monoisotopic (exact) mass is 453 g/mol. The molecular weight excluding hydrogens is 430 g/mol. The number of benzene rings is 3. The summed E-state index contributed by atoms with van der Waals surface area (Å²) >= 11 is 1.53. The molecule has 0 N–H and O–H groups in total. The fourth-order valence-electron chi connectivity index (χ4n) is 3.62. The molecule has 0 spiro atoms. The largest absolute Gasteiger partial charge is 0.338 e. The lowest BCUT2D eigenvalue weighted by atomic mass is 10.1. The van der Waals surface area contributed by atoms with Crippen molar-refractivity contribution in [2.75, 3.05) is 0 Å². The van der Waals surface area contributed by atoms with Crippen LogP contribution in [0.1, 0.15) is 23.9 Å². The van der Waals surface area contributed by atoms with Gasteiger partial charge in [-0.25, -0.2) is 0 Å². The van der Waals surface area contributed by atoms with E-state index in [1.807, 2.05) is 61.5 Å². The first kappa shape index (κ1) is 21.2. The number of rotatable bonds is 7. The predicted octanol–water partition coefficient (Wildman–Crippen LogP) is 6.15. The van der Waals surface area contributed by atoms with E-state index in [1.165, 1.54) is 17.3 Å². The van der Waals surface area contributed by atoms with Crippen molar-refractivity contribution < 1.29 is 4.52 Å². The summed E-state index contributed by atoms with van der Waals surface area (Å²) < 4.78 is 7.61.